The van der Waals surface area contributed by atoms with Gasteiger partial charge < -0.3 is 10.1 Å². The molecule has 0 saturated carbocycles. The van der Waals surface area contributed by atoms with Crippen LogP contribution in [0, 0.1) is 6.92 Å². The molecule has 148 valence electrons. The van der Waals surface area contributed by atoms with Crippen LogP contribution >= 0.6 is 0 Å². The standard InChI is InChI=1S/C25H21N3O2/c1-17-12-14-19(15-13-17)23-16-22(18-8-4-3-5-9-18)27-25(28-23)26-21-11-7-6-10-20(21)24(29)30-2/h3-16H,1-2H3,(H,26,27,28). The average Bonchev–Trinajstić information content (AvgIpc) is 2.80. The summed E-state index contributed by atoms with van der Waals surface area (Å²) in [4.78, 5) is 21.5. The fourth-order valence-electron chi connectivity index (χ4n) is 3.13. The monoisotopic (exact) mass is 395 g/mol. The second kappa shape index (κ2) is 8.57. The summed E-state index contributed by atoms with van der Waals surface area (Å²) in [6.07, 6.45) is 0. The Balaban J connectivity index is 1.81. The summed E-state index contributed by atoms with van der Waals surface area (Å²) >= 11 is 0. The lowest BCUT2D eigenvalue weighted by Gasteiger charge is -2.12. The molecule has 0 spiro atoms. The van der Waals surface area contributed by atoms with Crippen molar-refractivity contribution >= 4 is 17.6 Å². The minimum atomic E-state index is -0.420. The van der Waals surface area contributed by atoms with Gasteiger partial charge in [0.05, 0.1) is 29.7 Å². The van der Waals surface area contributed by atoms with E-state index < -0.39 is 5.97 Å². The molecule has 0 aliphatic rings. The Bertz CT molecular complexity index is 1170. The van der Waals surface area contributed by atoms with Crippen LogP contribution in [0.4, 0.5) is 11.6 Å². The molecule has 0 saturated heterocycles. The van der Waals surface area contributed by atoms with E-state index in [0.717, 1.165) is 22.5 Å². The predicted octanol–water partition coefficient (Wildman–Crippen LogP) is 5.65. The first-order valence-corrected chi connectivity index (χ1v) is 9.60. The van der Waals surface area contributed by atoms with Gasteiger partial charge in [0.15, 0.2) is 0 Å². The number of carbonyl (C=O) groups excluding carboxylic acids is 1. The summed E-state index contributed by atoms with van der Waals surface area (Å²) in [5.41, 5.74) is 5.75. The quantitative estimate of drug-likeness (QED) is 0.443. The molecule has 1 heterocycles. The first kappa shape index (κ1) is 19.3. The largest absolute Gasteiger partial charge is 0.465 e. The number of nitrogens with one attached hydrogen (secondary N) is 1. The number of rotatable bonds is 5. The van der Waals surface area contributed by atoms with Crippen LogP contribution < -0.4 is 5.32 Å². The number of hydrogen-bond donors (Lipinski definition) is 1. The van der Waals surface area contributed by atoms with Crippen molar-refractivity contribution in [3.8, 4) is 22.5 Å². The highest BCUT2D eigenvalue weighted by Crippen LogP contribution is 2.27. The van der Waals surface area contributed by atoms with E-state index in [0.29, 0.717) is 17.2 Å². The summed E-state index contributed by atoms with van der Waals surface area (Å²) in [6.45, 7) is 2.05. The van der Waals surface area contributed by atoms with Crippen molar-refractivity contribution in [1.29, 1.82) is 0 Å². The van der Waals surface area contributed by atoms with Crippen LogP contribution in [-0.4, -0.2) is 23.0 Å². The van der Waals surface area contributed by atoms with Crippen LogP contribution in [0.15, 0.2) is 84.9 Å². The van der Waals surface area contributed by atoms with Gasteiger partial charge in [0.1, 0.15) is 0 Å². The molecule has 5 nitrogen and oxygen atoms in total. The Hall–Kier alpha value is -3.99. The molecule has 0 amide bonds. The fraction of sp³-hybridized carbons (Fsp3) is 0.0800. The van der Waals surface area contributed by atoms with E-state index >= 15 is 0 Å². The van der Waals surface area contributed by atoms with E-state index in [1.807, 2.05) is 54.6 Å². The number of carbonyl (C=O) groups is 1. The number of ether oxygens (including phenoxy) is 1. The topological polar surface area (TPSA) is 64.1 Å². The summed E-state index contributed by atoms with van der Waals surface area (Å²) in [6, 6.07) is 27.2. The van der Waals surface area contributed by atoms with Crippen molar-refractivity contribution in [2.75, 3.05) is 12.4 Å². The molecule has 4 rings (SSSR count). The number of esters is 1. The maximum absolute atomic E-state index is 12.1. The van der Waals surface area contributed by atoms with Gasteiger partial charge in [0.2, 0.25) is 5.95 Å². The number of aryl methyl sites for hydroxylation is 1. The summed E-state index contributed by atoms with van der Waals surface area (Å²) in [5.74, 6) is -0.0145. The average molecular weight is 395 g/mol. The number of methoxy groups -OCH3 is 1. The SMILES string of the molecule is COC(=O)c1ccccc1Nc1nc(-c2ccccc2)cc(-c2ccc(C)cc2)n1. The van der Waals surface area contributed by atoms with E-state index in [-0.39, 0.29) is 0 Å². The summed E-state index contributed by atoms with van der Waals surface area (Å²) in [5, 5.41) is 3.20. The second-order valence-corrected chi connectivity index (χ2v) is 6.86. The maximum Gasteiger partial charge on any atom is 0.339 e. The normalized spacial score (nSPS) is 10.5. The van der Waals surface area contributed by atoms with Crippen molar-refractivity contribution < 1.29 is 9.53 Å². The Kier molecular flexibility index (Phi) is 5.52. The molecule has 0 fully saturated rings. The molecule has 4 aromatic rings. The third kappa shape index (κ3) is 4.20. The number of aromatic nitrogens is 2. The van der Waals surface area contributed by atoms with Crippen LogP contribution in [0.5, 0.6) is 0 Å². The molecule has 0 atom stereocenters. The van der Waals surface area contributed by atoms with Crippen molar-refractivity contribution in [2.45, 2.75) is 6.92 Å². The van der Waals surface area contributed by atoms with E-state index in [1.165, 1.54) is 12.7 Å². The number of hydrogen-bond acceptors (Lipinski definition) is 5. The molecule has 0 aliphatic heterocycles. The van der Waals surface area contributed by atoms with Crippen molar-refractivity contribution in [1.82, 2.24) is 9.97 Å². The first-order valence-electron chi connectivity index (χ1n) is 9.60. The zero-order chi connectivity index (χ0) is 20.9. The molecule has 3 aromatic carbocycles. The molecule has 1 aromatic heterocycles. The van der Waals surface area contributed by atoms with Crippen LogP contribution in [0.2, 0.25) is 0 Å². The minimum absolute atomic E-state index is 0.406. The van der Waals surface area contributed by atoms with E-state index in [1.54, 1.807) is 18.2 Å². The van der Waals surface area contributed by atoms with Gasteiger partial charge in [-0.05, 0) is 25.1 Å². The van der Waals surface area contributed by atoms with Gasteiger partial charge in [-0.3, -0.25) is 0 Å². The molecular weight excluding hydrogens is 374 g/mol. The molecule has 1 N–H and O–H groups in total. The number of benzene rings is 3. The summed E-state index contributed by atoms with van der Waals surface area (Å²) in [7, 11) is 1.36. The van der Waals surface area contributed by atoms with Gasteiger partial charge in [-0.15, -0.1) is 0 Å². The van der Waals surface area contributed by atoms with Crippen LogP contribution in [0.1, 0.15) is 15.9 Å². The Labute approximate surface area is 175 Å². The Morgan fingerprint density at radius 2 is 1.40 bits per heavy atom. The van der Waals surface area contributed by atoms with Gasteiger partial charge in [-0.25, -0.2) is 14.8 Å². The molecule has 0 bridgehead atoms. The van der Waals surface area contributed by atoms with E-state index in [9.17, 15) is 4.79 Å². The second-order valence-electron chi connectivity index (χ2n) is 6.86. The third-order valence-corrected chi connectivity index (χ3v) is 4.72. The van der Waals surface area contributed by atoms with Crippen molar-refractivity contribution in [3.63, 3.8) is 0 Å². The molecule has 30 heavy (non-hydrogen) atoms. The predicted molar refractivity (Wildman–Crippen MR) is 119 cm³/mol. The molecule has 5 heteroatoms. The Morgan fingerprint density at radius 3 is 2.07 bits per heavy atom. The molecule has 0 unspecified atom stereocenters. The number of anilines is 2. The lowest BCUT2D eigenvalue weighted by Crippen LogP contribution is -2.07. The first-order chi connectivity index (χ1) is 14.6. The third-order valence-electron chi connectivity index (χ3n) is 4.72. The number of nitrogens with zero attached hydrogens (tertiary/aromatic N) is 2. The zero-order valence-electron chi connectivity index (χ0n) is 16.8. The van der Waals surface area contributed by atoms with Crippen molar-refractivity contribution in [2.24, 2.45) is 0 Å². The van der Waals surface area contributed by atoms with Crippen LogP contribution in [-0.2, 0) is 4.74 Å². The van der Waals surface area contributed by atoms with Gasteiger partial charge in [-0.1, -0.05) is 72.3 Å². The van der Waals surface area contributed by atoms with E-state index in [4.69, 9.17) is 14.7 Å². The van der Waals surface area contributed by atoms with Crippen LogP contribution in [0.25, 0.3) is 22.5 Å². The lowest BCUT2D eigenvalue weighted by atomic mass is 10.1. The smallest absolute Gasteiger partial charge is 0.339 e. The van der Waals surface area contributed by atoms with Gasteiger partial charge in [0, 0.05) is 11.1 Å². The van der Waals surface area contributed by atoms with Crippen LogP contribution in [0.3, 0.4) is 0 Å². The van der Waals surface area contributed by atoms with Gasteiger partial charge in [-0.2, -0.15) is 0 Å². The Morgan fingerprint density at radius 1 is 0.800 bits per heavy atom. The van der Waals surface area contributed by atoms with Crippen molar-refractivity contribution in [3.05, 3.63) is 96.1 Å². The van der Waals surface area contributed by atoms with Gasteiger partial charge >= 0.3 is 5.97 Å². The zero-order valence-corrected chi connectivity index (χ0v) is 16.8. The fourth-order valence-corrected chi connectivity index (χ4v) is 3.13. The van der Waals surface area contributed by atoms with E-state index in [2.05, 4.69) is 24.4 Å². The highest BCUT2D eigenvalue weighted by atomic mass is 16.5. The highest BCUT2D eigenvalue weighted by molar-refractivity contribution is 5.96. The molecular formula is C25H21N3O2. The van der Waals surface area contributed by atoms with Gasteiger partial charge in [0.25, 0.3) is 0 Å². The minimum Gasteiger partial charge on any atom is -0.465 e. The maximum atomic E-state index is 12.1. The summed E-state index contributed by atoms with van der Waals surface area (Å²) < 4.78 is 4.89. The molecule has 0 radical (unpaired) electrons. The molecule has 0 aliphatic carbocycles. The lowest BCUT2D eigenvalue weighted by molar-refractivity contribution is 0.0602. The number of para-hydroxylation sites is 1. The highest BCUT2D eigenvalue weighted by Gasteiger charge is 2.14.